The lowest BCUT2D eigenvalue weighted by molar-refractivity contribution is 0.146. The number of nitrogens with one attached hydrogen (secondary N) is 1. The molecule has 1 saturated heterocycles. The predicted octanol–water partition coefficient (Wildman–Crippen LogP) is 2.50. The number of nitrogens with zero attached hydrogens (tertiary/aromatic N) is 3. The van der Waals surface area contributed by atoms with Crippen molar-refractivity contribution in [1.29, 1.82) is 0 Å². The van der Waals surface area contributed by atoms with E-state index in [1.807, 2.05) is 17.0 Å². The monoisotopic (exact) mass is 320 g/mol. The number of rotatable bonds is 4. The first-order valence-corrected chi connectivity index (χ1v) is 7.44. The molecule has 0 aliphatic carbocycles. The molecule has 2 heterocycles. The van der Waals surface area contributed by atoms with Gasteiger partial charge in [0.05, 0.1) is 12.8 Å². The van der Waals surface area contributed by atoms with Gasteiger partial charge in [-0.15, -0.1) is 0 Å². The zero-order valence-corrected chi connectivity index (χ0v) is 12.8. The number of benzene rings is 1. The molecule has 23 heavy (non-hydrogen) atoms. The molecule has 0 bridgehead atoms. The Labute approximate surface area is 133 Å². The summed E-state index contributed by atoms with van der Waals surface area (Å²) in [5.74, 6) is 1.01. The summed E-state index contributed by atoms with van der Waals surface area (Å²) in [4.78, 5) is 10.4. The quantitative estimate of drug-likeness (QED) is 0.938. The van der Waals surface area contributed by atoms with E-state index < -0.39 is 6.43 Å². The Morgan fingerprint density at radius 2 is 1.96 bits per heavy atom. The summed E-state index contributed by atoms with van der Waals surface area (Å²) >= 11 is 0. The second-order valence-electron chi connectivity index (χ2n) is 5.25. The first-order valence-electron chi connectivity index (χ1n) is 7.44. The zero-order chi connectivity index (χ0) is 16.2. The van der Waals surface area contributed by atoms with Crippen LogP contribution in [0.4, 0.5) is 14.7 Å². The lowest BCUT2D eigenvalue weighted by Gasteiger charge is -2.28. The van der Waals surface area contributed by atoms with Crippen molar-refractivity contribution in [1.82, 2.24) is 15.3 Å². The number of alkyl halides is 2. The van der Waals surface area contributed by atoms with E-state index in [1.54, 1.807) is 19.2 Å². The van der Waals surface area contributed by atoms with Crippen LogP contribution in [0.15, 0.2) is 30.3 Å². The lowest BCUT2D eigenvalue weighted by Crippen LogP contribution is -2.44. The van der Waals surface area contributed by atoms with Gasteiger partial charge in [-0.25, -0.2) is 18.7 Å². The second-order valence-corrected chi connectivity index (χ2v) is 5.25. The highest BCUT2D eigenvalue weighted by molar-refractivity contribution is 5.63. The third-order valence-electron chi connectivity index (χ3n) is 3.72. The summed E-state index contributed by atoms with van der Waals surface area (Å²) in [6.07, 6.45) is -2.64. The topological polar surface area (TPSA) is 50.3 Å². The van der Waals surface area contributed by atoms with Crippen LogP contribution in [0.1, 0.15) is 12.1 Å². The van der Waals surface area contributed by atoms with Crippen LogP contribution in [-0.2, 0) is 0 Å². The molecule has 122 valence electrons. The first kappa shape index (κ1) is 15.6. The second kappa shape index (κ2) is 6.87. The number of methoxy groups -OCH3 is 1. The fourth-order valence-corrected chi connectivity index (χ4v) is 2.50. The molecular formula is C16H18F2N4O. The van der Waals surface area contributed by atoms with E-state index in [9.17, 15) is 8.78 Å². The van der Waals surface area contributed by atoms with E-state index in [1.165, 1.54) is 6.07 Å². The van der Waals surface area contributed by atoms with Crippen molar-refractivity contribution in [2.24, 2.45) is 0 Å². The molecule has 1 fully saturated rings. The molecule has 2 aromatic rings. The van der Waals surface area contributed by atoms with Crippen molar-refractivity contribution < 1.29 is 13.5 Å². The Hall–Kier alpha value is -2.28. The maximum absolute atomic E-state index is 13.2. The van der Waals surface area contributed by atoms with Gasteiger partial charge in [0.25, 0.3) is 6.43 Å². The number of halogens is 2. The van der Waals surface area contributed by atoms with Gasteiger partial charge in [-0.3, -0.25) is 0 Å². The van der Waals surface area contributed by atoms with Crippen LogP contribution >= 0.6 is 0 Å². The Bertz CT molecular complexity index is 675. The van der Waals surface area contributed by atoms with Gasteiger partial charge in [0.1, 0.15) is 11.4 Å². The third-order valence-corrected chi connectivity index (χ3v) is 3.72. The minimum Gasteiger partial charge on any atom is -0.497 e. The van der Waals surface area contributed by atoms with Crippen molar-refractivity contribution >= 4 is 5.95 Å². The van der Waals surface area contributed by atoms with Gasteiger partial charge in [-0.1, -0.05) is 12.1 Å². The third kappa shape index (κ3) is 3.56. The van der Waals surface area contributed by atoms with E-state index in [4.69, 9.17) is 4.74 Å². The van der Waals surface area contributed by atoms with Gasteiger partial charge < -0.3 is 15.0 Å². The van der Waals surface area contributed by atoms with E-state index in [0.717, 1.165) is 18.7 Å². The van der Waals surface area contributed by atoms with E-state index in [0.29, 0.717) is 30.5 Å². The molecule has 0 saturated carbocycles. The molecule has 0 unspecified atom stereocenters. The largest absolute Gasteiger partial charge is 0.497 e. The molecule has 0 amide bonds. The molecule has 0 radical (unpaired) electrons. The molecule has 7 heteroatoms. The van der Waals surface area contributed by atoms with Crippen LogP contribution in [0.5, 0.6) is 5.75 Å². The summed E-state index contributed by atoms with van der Waals surface area (Å²) in [6.45, 7) is 2.97. The summed E-state index contributed by atoms with van der Waals surface area (Å²) in [5.41, 5.74) is 0.944. The normalized spacial score (nSPS) is 15.0. The first-order chi connectivity index (χ1) is 11.2. The molecule has 1 aliphatic rings. The molecular weight excluding hydrogens is 302 g/mol. The van der Waals surface area contributed by atoms with Crippen LogP contribution in [0, 0.1) is 0 Å². The Morgan fingerprint density at radius 1 is 1.17 bits per heavy atom. The minimum absolute atomic E-state index is 0.258. The Morgan fingerprint density at radius 3 is 2.65 bits per heavy atom. The number of aromatic nitrogens is 2. The number of anilines is 1. The fraction of sp³-hybridized carbons (Fsp3) is 0.375. The summed E-state index contributed by atoms with van der Waals surface area (Å²) in [7, 11) is 1.57. The highest BCUT2D eigenvalue weighted by Crippen LogP contribution is 2.27. The van der Waals surface area contributed by atoms with Gasteiger partial charge in [-0.2, -0.15) is 0 Å². The summed E-state index contributed by atoms with van der Waals surface area (Å²) in [6, 6.07) is 8.55. The van der Waals surface area contributed by atoms with Crippen molar-refractivity contribution in [3.8, 4) is 17.0 Å². The molecule has 1 N–H and O–H groups in total. The standard InChI is InChI=1S/C16H18F2N4O/c1-23-12-4-2-3-11(9-12)13-10-14(15(17)18)21-16(20-13)22-7-5-19-6-8-22/h2-4,9-10,15,19H,5-8H2,1H3. The highest BCUT2D eigenvalue weighted by Gasteiger charge is 2.19. The van der Waals surface area contributed by atoms with E-state index in [-0.39, 0.29) is 5.69 Å². The maximum atomic E-state index is 13.2. The van der Waals surface area contributed by atoms with Crippen LogP contribution < -0.4 is 15.0 Å². The fourth-order valence-electron chi connectivity index (χ4n) is 2.50. The molecule has 0 spiro atoms. The van der Waals surface area contributed by atoms with Crippen LogP contribution in [-0.4, -0.2) is 43.3 Å². The molecule has 1 aromatic heterocycles. The predicted molar refractivity (Wildman–Crippen MR) is 84.1 cm³/mol. The molecule has 1 aromatic carbocycles. The molecule has 5 nitrogen and oxygen atoms in total. The Balaban J connectivity index is 2.02. The number of hydrogen-bond donors (Lipinski definition) is 1. The number of hydrogen-bond acceptors (Lipinski definition) is 5. The summed E-state index contributed by atoms with van der Waals surface area (Å²) < 4.78 is 31.6. The summed E-state index contributed by atoms with van der Waals surface area (Å²) in [5, 5.41) is 3.22. The highest BCUT2D eigenvalue weighted by atomic mass is 19.3. The van der Waals surface area contributed by atoms with Gasteiger partial charge in [0.15, 0.2) is 0 Å². The van der Waals surface area contributed by atoms with Crippen LogP contribution in [0.3, 0.4) is 0 Å². The van der Waals surface area contributed by atoms with Crippen molar-refractivity contribution in [3.05, 3.63) is 36.0 Å². The van der Waals surface area contributed by atoms with Gasteiger partial charge in [0, 0.05) is 31.7 Å². The molecule has 3 rings (SSSR count). The smallest absolute Gasteiger partial charge is 0.280 e. The van der Waals surface area contributed by atoms with Crippen LogP contribution in [0.25, 0.3) is 11.3 Å². The average molecular weight is 320 g/mol. The van der Waals surface area contributed by atoms with Crippen molar-refractivity contribution in [2.75, 3.05) is 38.2 Å². The lowest BCUT2D eigenvalue weighted by atomic mass is 10.1. The van der Waals surface area contributed by atoms with Crippen LogP contribution in [0.2, 0.25) is 0 Å². The van der Waals surface area contributed by atoms with Crippen molar-refractivity contribution in [3.63, 3.8) is 0 Å². The average Bonchev–Trinajstić information content (AvgIpc) is 2.62. The van der Waals surface area contributed by atoms with Gasteiger partial charge >= 0.3 is 0 Å². The molecule has 1 aliphatic heterocycles. The Kier molecular flexibility index (Phi) is 4.66. The van der Waals surface area contributed by atoms with E-state index in [2.05, 4.69) is 15.3 Å². The van der Waals surface area contributed by atoms with Crippen molar-refractivity contribution in [2.45, 2.75) is 6.43 Å². The number of piperazine rings is 1. The van der Waals surface area contributed by atoms with Gasteiger partial charge in [-0.05, 0) is 18.2 Å². The maximum Gasteiger partial charge on any atom is 0.280 e. The molecule has 0 atom stereocenters. The van der Waals surface area contributed by atoms with Gasteiger partial charge in [0.2, 0.25) is 5.95 Å². The number of ether oxygens (including phenoxy) is 1. The SMILES string of the molecule is COc1cccc(-c2cc(C(F)F)nc(N3CCNCC3)n2)c1. The minimum atomic E-state index is -2.64. The zero-order valence-electron chi connectivity index (χ0n) is 12.8. The van der Waals surface area contributed by atoms with E-state index >= 15 is 0 Å².